The zero-order valence-corrected chi connectivity index (χ0v) is 27.5. The van der Waals surface area contributed by atoms with E-state index in [1.165, 1.54) is 10.7 Å². The zero-order valence-electron chi connectivity index (χ0n) is 27.5. The van der Waals surface area contributed by atoms with Gasteiger partial charge in [0.25, 0.3) is 5.56 Å². The fourth-order valence-electron chi connectivity index (χ4n) is 5.46. The molecule has 1 aromatic heterocycles. The van der Waals surface area contributed by atoms with Crippen molar-refractivity contribution < 1.29 is 18.6 Å². The van der Waals surface area contributed by atoms with Gasteiger partial charge in [-0.2, -0.15) is 9.78 Å². The number of hydrogen-bond donors (Lipinski definition) is 0. The minimum absolute atomic E-state index is 0.0334. The molecule has 8 heteroatoms. The average molecular weight is 634 g/mol. The van der Waals surface area contributed by atoms with Gasteiger partial charge in [-0.1, -0.05) is 50.3 Å². The second-order valence-electron chi connectivity index (χ2n) is 11.4. The molecule has 5 rings (SSSR count). The number of nitrogens with zero attached hydrogens (tertiary/aromatic N) is 3. The molecule has 0 aliphatic carbocycles. The van der Waals surface area contributed by atoms with E-state index in [1.54, 1.807) is 42.6 Å². The van der Waals surface area contributed by atoms with Crippen LogP contribution in [-0.2, 0) is 13.0 Å². The summed E-state index contributed by atoms with van der Waals surface area (Å²) in [6.07, 6.45) is 3.85. The van der Waals surface area contributed by atoms with Crippen LogP contribution >= 0.6 is 0 Å². The van der Waals surface area contributed by atoms with Crippen molar-refractivity contribution >= 4 is 17.1 Å². The summed E-state index contributed by atoms with van der Waals surface area (Å²) < 4.78 is 33.8. The van der Waals surface area contributed by atoms with Crippen LogP contribution in [0.4, 0.5) is 4.39 Å². The highest BCUT2D eigenvalue weighted by Gasteiger charge is 2.19. The molecule has 0 N–H and O–H groups in total. The lowest BCUT2D eigenvalue weighted by Crippen LogP contribution is -2.21. The highest BCUT2D eigenvalue weighted by Crippen LogP contribution is 2.36. The van der Waals surface area contributed by atoms with Crippen LogP contribution in [0.1, 0.15) is 61.4 Å². The molecule has 0 atom stereocenters. The number of aromatic nitrogens is 2. The van der Waals surface area contributed by atoms with Crippen molar-refractivity contribution in [1.82, 2.24) is 9.66 Å². The lowest BCUT2D eigenvalue weighted by molar-refractivity contribution is 0.263. The van der Waals surface area contributed by atoms with Crippen LogP contribution in [0.3, 0.4) is 0 Å². The van der Waals surface area contributed by atoms with Gasteiger partial charge in [-0.15, -0.1) is 6.58 Å². The summed E-state index contributed by atoms with van der Waals surface area (Å²) in [5.74, 6) is 2.07. The molecule has 0 fully saturated rings. The Labute approximate surface area is 275 Å². The second-order valence-corrected chi connectivity index (χ2v) is 11.4. The first-order valence-electron chi connectivity index (χ1n) is 15.9. The first-order valence-corrected chi connectivity index (χ1v) is 15.9. The number of hydrogen-bond acceptors (Lipinski definition) is 6. The summed E-state index contributed by atoms with van der Waals surface area (Å²) in [7, 11) is 0. The topological polar surface area (TPSA) is 74.9 Å². The van der Waals surface area contributed by atoms with Crippen molar-refractivity contribution in [2.75, 3.05) is 13.2 Å². The summed E-state index contributed by atoms with van der Waals surface area (Å²) in [5, 5.41) is 5.19. The molecule has 0 saturated carbocycles. The first-order chi connectivity index (χ1) is 22.7. The number of para-hydroxylation sites is 1. The smallest absolute Gasteiger partial charge is 0.282 e. The van der Waals surface area contributed by atoms with Gasteiger partial charge in [0.1, 0.15) is 18.2 Å². The normalized spacial score (nSPS) is 11.4. The van der Waals surface area contributed by atoms with Crippen LogP contribution in [0.25, 0.3) is 22.3 Å². The van der Waals surface area contributed by atoms with Crippen molar-refractivity contribution in [3.8, 4) is 28.6 Å². The number of benzene rings is 4. The van der Waals surface area contributed by atoms with Crippen molar-refractivity contribution in [2.24, 2.45) is 5.10 Å². The maximum Gasteiger partial charge on any atom is 0.282 e. The molecule has 1 heterocycles. The van der Waals surface area contributed by atoms with E-state index < -0.39 is 0 Å². The van der Waals surface area contributed by atoms with Gasteiger partial charge in [-0.25, -0.2) is 9.37 Å². The lowest BCUT2D eigenvalue weighted by atomic mass is 9.96. The fraction of sp³-hybridized carbons (Fsp3) is 0.256. The Morgan fingerprint density at radius 2 is 1.66 bits per heavy atom. The highest BCUT2D eigenvalue weighted by atomic mass is 19.1. The Kier molecular flexibility index (Phi) is 10.5. The maximum absolute atomic E-state index is 14.4. The van der Waals surface area contributed by atoms with E-state index in [0.717, 1.165) is 28.0 Å². The van der Waals surface area contributed by atoms with Gasteiger partial charge >= 0.3 is 0 Å². The number of halogens is 1. The number of fused-ring (bicyclic) bond motifs is 1. The van der Waals surface area contributed by atoms with Crippen LogP contribution < -0.4 is 19.8 Å². The van der Waals surface area contributed by atoms with Crippen LogP contribution in [0.15, 0.2) is 95.3 Å². The van der Waals surface area contributed by atoms with Gasteiger partial charge in [-0.05, 0) is 92.3 Å². The van der Waals surface area contributed by atoms with Crippen LogP contribution in [0.2, 0.25) is 0 Å². The summed E-state index contributed by atoms with van der Waals surface area (Å²) >= 11 is 0. The Balaban J connectivity index is 1.64. The van der Waals surface area contributed by atoms with Crippen LogP contribution in [0.5, 0.6) is 17.2 Å². The average Bonchev–Trinajstić information content (AvgIpc) is 3.05. The van der Waals surface area contributed by atoms with Crippen LogP contribution in [0, 0.1) is 12.7 Å². The molecule has 0 spiro atoms. The van der Waals surface area contributed by atoms with E-state index in [0.29, 0.717) is 59.0 Å². The van der Waals surface area contributed by atoms with Gasteiger partial charge in [0.2, 0.25) is 0 Å². The van der Waals surface area contributed by atoms with E-state index in [9.17, 15) is 9.18 Å². The quantitative estimate of drug-likeness (QED) is 0.0959. The summed E-state index contributed by atoms with van der Waals surface area (Å²) in [4.78, 5) is 18.9. The molecule has 0 radical (unpaired) electrons. The molecular weight excluding hydrogens is 593 g/mol. The SMILES string of the molecule is C=CCc1cc(C=Nn2c(-c3cc(C(C)C)c(OCC)cc3C)nc3ccccc3c2=O)cc(OCC)c1OCc1ccccc1F. The summed E-state index contributed by atoms with van der Waals surface area (Å²) in [6.45, 7) is 14.9. The van der Waals surface area contributed by atoms with E-state index in [-0.39, 0.29) is 23.9 Å². The number of allylic oxidation sites excluding steroid dienone is 1. The molecule has 0 unspecified atom stereocenters. The Morgan fingerprint density at radius 1 is 0.936 bits per heavy atom. The molecule has 0 saturated heterocycles. The highest BCUT2D eigenvalue weighted by molar-refractivity contribution is 5.83. The second kappa shape index (κ2) is 14.9. The molecule has 242 valence electrons. The number of aryl methyl sites for hydroxylation is 1. The largest absolute Gasteiger partial charge is 0.494 e. The third kappa shape index (κ3) is 7.27. The molecule has 0 aliphatic rings. The van der Waals surface area contributed by atoms with Gasteiger partial charge < -0.3 is 14.2 Å². The third-order valence-electron chi connectivity index (χ3n) is 7.74. The number of rotatable bonds is 13. The summed E-state index contributed by atoms with van der Waals surface area (Å²) in [5.41, 5.74) is 4.92. The van der Waals surface area contributed by atoms with E-state index in [2.05, 4.69) is 20.4 Å². The standard InChI is InChI=1S/C39H40FN3O4/c1-7-14-28-20-27(21-36(46-9-3)37(28)47-24-29-15-10-12-17-33(29)40)23-41-43-38(42-34-18-13-11-16-30(34)39(43)44)32-22-31(25(4)5)35(45-8-2)19-26(32)6/h7,10-13,15-23,25H,1,8-9,14,24H2,2-6H3. The van der Waals surface area contributed by atoms with Crippen molar-refractivity contribution in [1.29, 1.82) is 0 Å². The minimum Gasteiger partial charge on any atom is -0.494 e. The molecule has 0 amide bonds. The Bertz CT molecular complexity index is 2000. The predicted molar refractivity (Wildman–Crippen MR) is 187 cm³/mol. The predicted octanol–water partition coefficient (Wildman–Crippen LogP) is 8.62. The molecule has 7 nitrogen and oxygen atoms in total. The van der Waals surface area contributed by atoms with E-state index >= 15 is 0 Å². The summed E-state index contributed by atoms with van der Waals surface area (Å²) in [6, 6.07) is 21.5. The monoisotopic (exact) mass is 633 g/mol. The number of ether oxygens (including phenoxy) is 3. The zero-order chi connectivity index (χ0) is 33.5. The Hall–Kier alpha value is -5.24. The van der Waals surface area contributed by atoms with Gasteiger partial charge in [0.05, 0.1) is 30.3 Å². The van der Waals surface area contributed by atoms with Gasteiger partial charge in [0, 0.05) is 16.7 Å². The minimum atomic E-state index is -0.340. The molecule has 0 bridgehead atoms. The van der Waals surface area contributed by atoms with Gasteiger partial charge in [-0.3, -0.25) is 4.79 Å². The molecule has 4 aromatic carbocycles. The van der Waals surface area contributed by atoms with Crippen molar-refractivity contribution in [3.05, 3.63) is 129 Å². The van der Waals surface area contributed by atoms with E-state index in [4.69, 9.17) is 24.3 Å². The van der Waals surface area contributed by atoms with Crippen LogP contribution in [-0.4, -0.2) is 29.1 Å². The maximum atomic E-state index is 14.4. The fourth-order valence-corrected chi connectivity index (χ4v) is 5.46. The van der Waals surface area contributed by atoms with Gasteiger partial charge in [0.15, 0.2) is 17.3 Å². The van der Waals surface area contributed by atoms with E-state index in [1.807, 2.05) is 57.2 Å². The van der Waals surface area contributed by atoms with Crippen molar-refractivity contribution in [2.45, 2.75) is 53.6 Å². The molecule has 0 aliphatic heterocycles. The molecule has 5 aromatic rings. The lowest BCUT2D eigenvalue weighted by Gasteiger charge is -2.18. The third-order valence-corrected chi connectivity index (χ3v) is 7.74. The molecular formula is C39H40FN3O4. The van der Waals surface area contributed by atoms with Crippen molar-refractivity contribution in [3.63, 3.8) is 0 Å². The molecule has 47 heavy (non-hydrogen) atoms. The first kappa shape index (κ1) is 33.1. The Morgan fingerprint density at radius 3 is 2.38 bits per heavy atom.